The Balaban J connectivity index is 0. The van der Waals surface area contributed by atoms with Crippen molar-refractivity contribution in [2.45, 2.75) is 0 Å². The van der Waals surface area contributed by atoms with Gasteiger partial charge in [-0.2, -0.15) is 4.21 Å². The summed E-state index contributed by atoms with van der Waals surface area (Å²) in [5, 5.41) is 0. The normalized spacial score (nSPS) is 7.00. The van der Waals surface area contributed by atoms with Crippen molar-refractivity contribution in [1.82, 2.24) is 0 Å². The monoisotopic (exact) mass is 291 g/mol. The Hall–Kier alpha value is 0.953. The Morgan fingerprint density at radius 2 is 1.40 bits per heavy atom. The van der Waals surface area contributed by atoms with Gasteiger partial charge < -0.3 is 0 Å². The smallest absolute Gasteiger partial charge is 0.284 e. The molecule has 2 N–H and O–H groups in total. The summed E-state index contributed by atoms with van der Waals surface area (Å²) in [5.74, 6) is 0. The molecule has 0 aliphatic rings. The zero-order valence-corrected chi connectivity index (χ0v) is 6.45. The van der Waals surface area contributed by atoms with E-state index in [9.17, 15) is 0 Å². The molecule has 0 unspecified atom stereocenters. The first-order valence-electron chi connectivity index (χ1n) is 0.532. The first kappa shape index (κ1) is 9.35. The summed E-state index contributed by atoms with van der Waals surface area (Å²) in [5.41, 5.74) is 0. The average Bonchev–Trinajstić information content (AvgIpc) is 0.811. The van der Waals surface area contributed by atoms with Gasteiger partial charge in [-0.3, -0.25) is 9.11 Å². The number of hydrogen-bond donors (Lipinski definition) is 2. The molecule has 5 heavy (non-hydrogen) atoms. The molecule has 0 saturated heterocycles. The van der Waals surface area contributed by atoms with Crippen LogP contribution in [0.25, 0.3) is 0 Å². The van der Waals surface area contributed by atoms with E-state index in [4.69, 9.17) is 13.3 Å². The Labute approximate surface area is 51.0 Å². The molecular weight excluding hydrogens is 289 g/mol. The van der Waals surface area contributed by atoms with E-state index in [0.717, 1.165) is 0 Å². The third kappa shape index (κ3) is 47.5. The summed E-state index contributed by atoms with van der Waals surface area (Å²) >= 11 is -2.61. The van der Waals surface area contributed by atoms with Crippen molar-refractivity contribution in [3.8, 4) is 0 Å². The summed E-state index contributed by atoms with van der Waals surface area (Å²) < 4.78 is 22.8. The van der Waals surface area contributed by atoms with E-state index in [2.05, 4.69) is 0 Å². The van der Waals surface area contributed by atoms with E-state index in [1.54, 1.807) is 0 Å². The summed E-state index contributed by atoms with van der Waals surface area (Å²) in [6.07, 6.45) is 0. The van der Waals surface area contributed by atoms with Crippen LogP contribution < -0.4 is 0 Å². The van der Waals surface area contributed by atoms with Gasteiger partial charge in [0.1, 0.15) is 0 Å². The van der Waals surface area contributed by atoms with Crippen LogP contribution in [-0.4, -0.2) is 39.5 Å². The molecule has 0 rings (SSSR count). The first-order valence-corrected chi connectivity index (χ1v) is 1.60. The van der Waals surface area contributed by atoms with Crippen LogP contribution in [0.4, 0.5) is 0 Å². The van der Waals surface area contributed by atoms with E-state index in [0.29, 0.717) is 0 Å². The first-order chi connectivity index (χ1) is 1.73. The van der Waals surface area contributed by atoms with Gasteiger partial charge in [0.05, 0.1) is 0 Å². The maximum atomic E-state index is 8.67. The minimum atomic E-state index is -2.61. The third-order valence-corrected chi connectivity index (χ3v) is 0. The molecule has 0 aliphatic carbocycles. The zero-order valence-electron chi connectivity index (χ0n) is 2.16. The fourth-order valence-electron chi connectivity index (χ4n) is 0. The average molecular weight is 291 g/mol. The minimum Gasteiger partial charge on any atom is -0.284 e. The molecule has 0 fully saturated rings. The predicted molar refractivity (Wildman–Crippen MR) is 19.2 cm³/mol. The van der Waals surface area contributed by atoms with Gasteiger partial charge in [0.15, 0.2) is 0 Å². The molecule has 0 atom stereocenters. The van der Waals surface area contributed by atoms with Crippen molar-refractivity contribution in [3.05, 3.63) is 0 Å². The van der Waals surface area contributed by atoms with E-state index in [1.807, 2.05) is 0 Å². The molecule has 0 aliphatic heterocycles. The second kappa shape index (κ2) is 4.95. The molecule has 3 nitrogen and oxygen atoms in total. The van der Waals surface area contributed by atoms with Crippen LogP contribution in [0.15, 0.2) is 0 Å². The number of rotatable bonds is 0. The van der Waals surface area contributed by atoms with Crippen LogP contribution in [0.3, 0.4) is 0 Å². The van der Waals surface area contributed by atoms with Crippen molar-refractivity contribution in [2.75, 3.05) is 0 Å². The Bertz CT molecular complexity index is 29.9. The molecule has 5 heteroatoms. The molecular formula is H2BiO3S. The van der Waals surface area contributed by atoms with Crippen LogP contribution in [0.2, 0.25) is 0 Å². The minimum absolute atomic E-state index is 0. The van der Waals surface area contributed by atoms with Crippen LogP contribution in [0.1, 0.15) is 0 Å². The topological polar surface area (TPSA) is 57.5 Å². The van der Waals surface area contributed by atoms with E-state index < -0.39 is 11.4 Å². The quantitative estimate of drug-likeness (QED) is 0.458. The maximum Gasteiger partial charge on any atom is 0.299 e. The van der Waals surface area contributed by atoms with Crippen molar-refractivity contribution in [2.24, 2.45) is 0 Å². The Kier molecular flexibility index (Phi) is 9.26. The van der Waals surface area contributed by atoms with Crippen LogP contribution in [-0.2, 0) is 11.4 Å². The summed E-state index contributed by atoms with van der Waals surface area (Å²) in [6, 6.07) is 0. The van der Waals surface area contributed by atoms with Gasteiger partial charge >= 0.3 is 0 Å². The van der Waals surface area contributed by atoms with Gasteiger partial charge in [-0.1, -0.05) is 0 Å². The van der Waals surface area contributed by atoms with Gasteiger partial charge in [0.25, 0.3) is 11.4 Å². The Morgan fingerprint density at radius 1 is 1.40 bits per heavy atom. The summed E-state index contributed by atoms with van der Waals surface area (Å²) in [6.45, 7) is 0. The van der Waals surface area contributed by atoms with Crippen LogP contribution in [0.5, 0.6) is 0 Å². The third-order valence-electron chi connectivity index (χ3n) is 0. The zero-order chi connectivity index (χ0) is 3.58. The summed E-state index contributed by atoms with van der Waals surface area (Å²) in [7, 11) is 0. The van der Waals surface area contributed by atoms with Crippen LogP contribution >= 0.6 is 0 Å². The van der Waals surface area contributed by atoms with Crippen molar-refractivity contribution in [3.63, 3.8) is 0 Å². The molecule has 0 aromatic heterocycles. The van der Waals surface area contributed by atoms with Crippen molar-refractivity contribution >= 4 is 37.6 Å². The Morgan fingerprint density at radius 3 is 1.40 bits per heavy atom. The summed E-state index contributed by atoms with van der Waals surface area (Å²) in [4.78, 5) is 0. The van der Waals surface area contributed by atoms with E-state index >= 15 is 0 Å². The van der Waals surface area contributed by atoms with Gasteiger partial charge in [-0.05, 0) is 0 Å². The van der Waals surface area contributed by atoms with Gasteiger partial charge in [-0.15, -0.1) is 0 Å². The molecule has 0 aromatic carbocycles. The second-order valence-corrected chi connectivity index (χ2v) is 0.692. The molecule has 3 radical (unpaired) electrons. The SMILES string of the molecule is O=S(O)O.[Bi]. The molecule has 0 heterocycles. The molecule has 0 spiro atoms. The molecule has 0 bridgehead atoms. The van der Waals surface area contributed by atoms with Gasteiger partial charge in [0.2, 0.25) is 0 Å². The number of hydrogen-bond acceptors (Lipinski definition) is 1. The second-order valence-electron chi connectivity index (χ2n) is 0.231. The molecule has 31 valence electrons. The standard InChI is InChI=1S/Bi.H2O3S/c;1-4(2)3/h;(H2,1,2,3). The fraction of sp³-hybridized carbons (Fsp3) is 0. The van der Waals surface area contributed by atoms with E-state index in [-0.39, 0.29) is 26.2 Å². The maximum absolute atomic E-state index is 8.67. The van der Waals surface area contributed by atoms with E-state index in [1.165, 1.54) is 0 Å². The molecule has 0 saturated carbocycles. The largest absolute Gasteiger partial charge is 0.299 e. The van der Waals surface area contributed by atoms with Gasteiger partial charge in [-0.25, -0.2) is 0 Å². The predicted octanol–water partition coefficient (Wildman–Crippen LogP) is -0.700. The van der Waals surface area contributed by atoms with Crippen molar-refractivity contribution in [1.29, 1.82) is 0 Å². The fourth-order valence-corrected chi connectivity index (χ4v) is 0. The van der Waals surface area contributed by atoms with Gasteiger partial charge in [0, 0.05) is 26.2 Å². The van der Waals surface area contributed by atoms with Crippen molar-refractivity contribution < 1.29 is 13.3 Å². The molecule has 0 aromatic rings. The molecule has 0 amide bonds. The van der Waals surface area contributed by atoms with Crippen LogP contribution in [0, 0.1) is 0 Å².